The Balaban J connectivity index is 1.55. The van der Waals surface area contributed by atoms with Crippen LogP contribution in [-0.2, 0) is 11.0 Å². The van der Waals surface area contributed by atoms with Gasteiger partial charge in [0.15, 0.2) is 0 Å². The van der Waals surface area contributed by atoms with Crippen molar-refractivity contribution in [3.8, 4) is 17.2 Å². The van der Waals surface area contributed by atoms with E-state index in [0.29, 0.717) is 34.9 Å². The number of ether oxygens (including phenoxy) is 3. The number of hydrazone groups is 1. The van der Waals surface area contributed by atoms with Gasteiger partial charge in [0.2, 0.25) is 0 Å². The van der Waals surface area contributed by atoms with E-state index in [2.05, 4.69) is 10.4 Å². The molecular weight excluding hydrogens is 541 g/mol. The number of methoxy groups -OCH3 is 3. The quantitative estimate of drug-likeness (QED) is 0.382. The summed E-state index contributed by atoms with van der Waals surface area (Å²) in [6, 6.07) is 15.5. The summed E-state index contributed by atoms with van der Waals surface area (Å²) >= 11 is 0. The zero-order valence-electron chi connectivity index (χ0n) is 22.9. The average Bonchev–Trinajstić information content (AvgIpc) is 3.42. The molecule has 0 aliphatic carbocycles. The predicted molar refractivity (Wildman–Crippen MR) is 146 cm³/mol. The summed E-state index contributed by atoms with van der Waals surface area (Å²) in [6.45, 7) is -0.338. The maximum Gasteiger partial charge on any atom is 0.416 e. The number of likely N-dealkylation sites (N-methyl/N-ethyl adjacent to an activating group) is 1. The molecule has 3 aromatic rings. The second kappa shape index (κ2) is 12.2. The molecule has 41 heavy (non-hydrogen) atoms. The highest BCUT2D eigenvalue weighted by Crippen LogP contribution is 2.37. The Morgan fingerprint density at radius 3 is 2.17 bits per heavy atom. The number of nitrogens with one attached hydrogen (secondary N) is 1. The molecule has 0 fully saturated rings. The van der Waals surface area contributed by atoms with Crippen LogP contribution >= 0.6 is 0 Å². The molecule has 0 bridgehead atoms. The highest BCUT2D eigenvalue weighted by atomic mass is 19.4. The van der Waals surface area contributed by atoms with E-state index in [1.807, 2.05) is 12.1 Å². The third-order valence-electron chi connectivity index (χ3n) is 6.57. The second-order valence-electron chi connectivity index (χ2n) is 9.21. The van der Waals surface area contributed by atoms with E-state index < -0.39 is 29.7 Å². The topological polar surface area (TPSA) is 92.7 Å². The maximum atomic E-state index is 13.5. The first-order valence-electron chi connectivity index (χ1n) is 12.5. The number of rotatable bonds is 8. The molecule has 0 saturated heterocycles. The molecule has 3 aromatic carbocycles. The van der Waals surface area contributed by atoms with Gasteiger partial charge < -0.3 is 24.4 Å². The van der Waals surface area contributed by atoms with Gasteiger partial charge in [0.1, 0.15) is 23.8 Å². The number of alkyl halides is 3. The molecule has 3 amide bonds. The molecule has 1 unspecified atom stereocenters. The van der Waals surface area contributed by atoms with E-state index >= 15 is 0 Å². The highest BCUT2D eigenvalue weighted by Gasteiger charge is 2.35. The molecule has 1 atom stereocenters. The van der Waals surface area contributed by atoms with Crippen LogP contribution in [0.2, 0.25) is 0 Å². The number of nitrogens with zero attached hydrogens (tertiary/aromatic N) is 3. The maximum absolute atomic E-state index is 13.5. The third kappa shape index (κ3) is 6.71. The number of hydrogen-bond donors (Lipinski definition) is 1. The number of amides is 3. The van der Waals surface area contributed by atoms with Gasteiger partial charge in [-0.05, 0) is 54.1 Å². The van der Waals surface area contributed by atoms with E-state index in [1.54, 1.807) is 44.6 Å². The van der Waals surface area contributed by atoms with E-state index in [-0.39, 0.29) is 12.2 Å². The van der Waals surface area contributed by atoms with Crippen LogP contribution in [0.5, 0.6) is 17.2 Å². The third-order valence-corrected chi connectivity index (χ3v) is 6.57. The number of hydrogen-bond acceptors (Lipinski definition) is 6. The van der Waals surface area contributed by atoms with Crippen molar-refractivity contribution < 1.29 is 37.0 Å². The molecule has 216 valence electrons. The normalized spacial score (nSPS) is 14.8. The van der Waals surface area contributed by atoms with Crippen molar-refractivity contribution in [3.63, 3.8) is 0 Å². The monoisotopic (exact) mass is 570 g/mol. The lowest BCUT2D eigenvalue weighted by atomic mass is 9.97. The number of halogens is 3. The van der Waals surface area contributed by atoms with Gasteiger partial charge in [-0.2, -0.15) is 18.3 Å². The van der Waals surface area contributed by atoms with Crippen LogP contribution in [0, 0.1) is 0 Å². The Bertz CT molecular complexity index is 1430. The lowest BCUT2D eigenvalue weighted by molar-refractivity contribution is -0.137. The van der Waals surface area contributed by atoms with Gasteiger partial charge in [-0.15, -0.1) is 0 Å². The fourth-order valence-corrected chi connectivity index (χ4v) is 4.33. The summed E-state index contributed by atoms with van der Waals surface area (Å²) in [4.78, 5) is 27.4. The number of urea groups is 1. The molecule has 1 aliphatic heterocycles. The SMILES string of the molecule is COc1ccc(C2CC(c3ccc(OC)cc3OC)=NN2C(=O)CN(C)C(=O)Nc2ccc(C(F)(F)F)cc2)cc1. The van der Waals surface area contributed by atoms with Crippen molar-refractivity contribution >= 4 is 23.3 Å². The minimum Gasteiger partial charge on any atom is -0.497 e. The van der Waals surface area contributed by atoms with E-state index in [0.717, 1.165) is 34.7 Å². The molecule has 0 saturated carbocycles. The predicted octanol–water partition coefficient (Wildman–Crippen LogP) is 5.57. The minimum absolute atomic E-state index is 0.159. The summed E-state index contributed by atoms with van der Waals surface area (Å²) in [5, 5.41) is 8.47. The molecule has 12 heteroatoms. The van der Waals surface area contributed by atoms with Gasteiger partial charge in [-0.1, -0.05) is 12.1 Å². The van der Waals surface area contributed by atoms with Crippen LogP contribution < -0.4 is 19.5 Å². The van der Waals surface area contributed by atoms with Crippen molar-refractivity contribution in [1.29, 1.82) is 0 Å². The van der Waals surface area contributed by atoms with Gasteiger partial charge in [-0.25, -0.2) is 9.80 Å². The summed E-state index contributed by atoms with van der Waals surface area (Å²) in [5.74, 6) is 1.32. The molecule has 0 radical (unpaired) electrons. The lowest BCUT2D eigenvalue weighted by Crippen LogP contribution is -2.41. The zero-order chi connectivity index (χ0) is 29.7. The first-order chi connectivity index (χ1) is 19.5. The molecule has 4 rings (SSSR count). The lowest BCUT2D eigenvalue weighted by Gasteiger charge is -2.25. The number of carbonyl (C=O) groups is 2. The molecule has 1 N–H and O–H groups in total. The van der Waals surface area contributed by atoms with Gasteiger partial charge in [-0.3, -0.25) is 4.79 Å². The summed E-state index contributed by atoms with van der Waals surface area (Å²) in [7, 11) is 6.05. The first-order valence-corrected chi connectivity index (χ1v) is 12.5. The Kier molecular flexibility index (Phi) is 8.70. The van der Waals surface area contributed by atoms with Crippen molar-refractivity contribution in [2.75, 3.05) is 40.2 Å². The van der Waals surface area contributed by atoms with Crippen LogP contribution in [0.1, 0.15) is 29.2 Å². The van der Waals surface area contributed by atoms with Crippen molar-refractivity contribution in [3.05, 3.63) is 83.4 Å². The summed E-state index contributed by atoms with van der Waals surface area (Å²) in [5.41, 5.74) is 1.43. The van der Waals surface area contributed by atoms with E-state index in [4.69, 9.17) is 14.2 Å². The van der Waals surface area contributed by atoms with Crippen LogP contribution in [-0.4, -0.2) is 62.5 Å². The van der Waals surface area contributed by atoms with Crippen molar-refractivity contribution in [2.45, 2.75) is 18.6 Å². The van der Waals surface area contributed by atoms with Crippen LogP contribution in [0.3, 0.4) is 0 Å². The molecule has 1 aliphatic rings. The Morgan fingerprint density at radius 2 is 1.59 bits per heavy atom. The van der Waals surface area contributed by atoms with Gasteiger partial charge in [0.25, 0.3) is 5.91 Å². The Labute approximate surface area is 235 Å². The standard InChI is InChI=1S/C29H29F3N4O5/c1-35(28(38)33-20-9-7-19(8-10-20)29(30,31)32)17-27(37)36-25(18-5-11-21(39-2)12-6-18)16-24(34-36)23-14-13-22(40-3)15-26(23)41-4/h5-15,25H,16-17H2,1-4H3,(H,33,38). The highest BCUT2D eigenvalue weighted by molar-refractivity contribution is 6.05. The van der Waals surface area contributed by atoms with E-state index in [1.165, 1.54) is 19.2 Å². The van der Waals surface area contributed by atoms with Crippen LogP contribution in [0.4, 0.5) is 23.7 Å². The molecule has 9 nitrogen and oxygen atoms in total. The smallest absolute Gasteiger partial charge is 0.416 e. The first kappa shape index (κ1) is 29.2. The largest absolute Gasteiger partial charge is 0.497 e. The molecule has 0 aromatic heterocycles. The average molecular weight is 571 g/mol. The van der Waals surface area contributed by atoms with Crippen molar-refractivity contribution in [1.82, 2.24) is 9.91 Å². The fourth-order valence-electron chi connectivity index (χ4n) is 4.33. The second-order valence-corrected chi connectivity index (χ2v) is 9.21. The van der Waals surface area contributed by atoms with Gasteiger partial charge in [0, 0.05) is 30.8 Å². The van der Waals surface area contributed by atoms with Gasteiger partial charge in [0.05, 0.1) is 38.6 Å². The summed E-state index contributed by atoms with van der Waals surface area (Å²) in [6.07, 6.45) is -4.11. The minimum atomic E-state index is -4.49. The fraction of sp³-hybridized carbons (Fsp3) is 0.276. The zero-order valence-corrected chi connectivity index (χ0v) is 22.9. The number of carbonyl (C=O) groups excluding carboxylic acids is 2. The molecule has 1 heterocycles. The number of benzene rings is 3. The van der Waals surface area contributed by atoms with Gasteiger partial charge >= 0.3 is 12.2 Å². The molecular formula is C29H29F3N4O5. The molecule has 0 spiro atoms. The van der Waals surface area contributed by atoms with Crippen molar-refractivity contribution in [2.24, 2.45) is 5.10 Å². The Hall–Kier alpha value is -4.74. The number of anilines is 1. The Morgan fingerprint density at radius 1 is 0.951 bits per heavy atom. The van der Waals surface area contributed by atoms with E-state index in [9.17, 15) is 22.8 Å². The summed E-state index contributed by atoms with van der Waals surface area (Å²) < 4.78 is 54.6. The van der Waals surface area contributed by atoms with Crippen LogP contribution in [0.15, 0.2) is 71.8 Å². The van der Waals surface area contributed by atoms with Crippen LogP contribution in [0.25, 0.3) is 0 Å².